The van der Waals surface area contributed by atoms with Crippen molar-refractivity contribution in [2.45, 2.75) is 19.6 Å². The molecule has 2 rings (SSSR count). The first-order valence-electron chi connectivity index (χ1n) is 7.35. The molecule has 1 N–H and O–H groups in total. The van der Waals surface area contributed by atoms with Gasteiger partial charge in [-0.2, -0.15) is 8.78 Å². The Morgan fingerprint density at radius 1 is 1.23 bits per heavy atom. The lowest BCUT2D eigenvalue weighted by Crippen LogP contribution is -2.26. The van der Waals surface area contributed by atoms with Crippen molar-refractivity contribution < 1.29 is 23.1 Å². The van der Waals surface area contributed by atoms with Crippen LogP contribution in [0.1, 0.15) is 12.5 Å². The average molecular weight is 403 g/mol. The SMILES string of the molecule is CC(O/N=C/c1ccccc1OC(F)F)C(=O)Nc1ccc(Cl)cc1Cl. The minimum atomic E-state index is -2.96. The Kier molecular flexibility index (Phi) is 7.17. The van der Waals surface area contributed by atoms with Gasteiger partial charge in [0.25, 0.3) is 5.91 Å². The minimum Gasteiger partial charge on any atom is -0.434 e. The van der Waals surface area contributed by atoms with Crippen molar-refractivity contribution in [3.8, 4) is 5.75 Å². The normalized spacial score (nSPS) is 12.2. The van der Waals surface area contributed by atoms with Gasteiger partial charge in [-0.05, 0) is 37.3 Å². The van der Waals surface area contributed by atoms with Gasteiger partial charge in [-0.3, -0.25) is 4.79 Å². The highest BCUT2D eigenvalue weighted by Crippen LogP contribution is 2.25. The molecule has 9 heteroatoms. The third kappa shape index (κ3) is 5.86. The lowest BCUT2D eigenvalue weighted by molar-refractivity contribution is -0.126. The number of ether oxygens (including phenoxy) is 1. The smallest absolute Gasteiger partial charge is 0.387 e. The second-order valence-corrected chi connectivity index (χ2v) is 5.86. The predicted octanol–water partition coefficient (Wildman–Crippen LogP) is 4.97. The second-order valence-electron chi connectivity index (χ2n) is 5.01. The van der Waals surface area contributed by atoms with E-state index < -0.39 is 18.6 Å². The number of para-hydroxylation sites is 1. The van der Waals surface area contributed by atoms with Gasteiger partial charge in [-0.1, -0.05) is 40.5 Å². The Bertz CT molecular complexity index is 803. The highest BCUT2D eigenvalue weighted by molar-refractivity contribution is 6.36. The highest BCUT2D eigenvalue weighted by atomic mass is 35.5. The van der Waals surface area contributed by atoms with Crippen LogP contribution < -0.4 is 10.1 Å². The van der Waals surface area contributed by atoms with Crippen molar-refractivity contribution in [3.05, 3.63) is 58.1 Å². The molecular weight excluding hydrogens is 389 g/mol. The van der Waals surface area contributed by atoms with Crippen LogP contribution in [0.15, 0.2) is 47.6 Å². The fourth-order valence-electron chi connectivity index (χ4n) is 1.84. The first kappa shape index (κ1) is 19.9. The largest absolute Gasteiger partial charge is 0.434 e. The van der Waals surface area contributed by atoms with Gasteiger partial charge in [-0.15, -0.1) is 0 Å². The molecule has 2 aromatic carbocycles. The van der Waals surface area contributed by atoms with Crippen molar-refractivity contribution in [1.29, 1.82) is 0 Å². The molecule has 0 heterocycles. The van der Waals surface area contributed by atoms with Crippen molar-refractivity contribution in [2.75, 3.05) is 5.32 Å². The zero-order valence-electron chi connectivity index (χ0n) is 13.5. The van der Waals surface area contributed by atoms with Crippen LogP contribution in [-0.2, 0) is 9.63 Å². The summed E-state index contributed by atoms with van der Waals surface area (Å²) in [6, 6.07) is 10.7. The number of halogens is 4. The minimum absolute atomic E-state index is 0.0556. The molecule has 0 aliphatic rings. The number of nitrogens with zero attached hydrogens (tertiary/aromatic N) is 1. The molecule has 26 heavy (non-hydrogen) atoms. The summed E-state index contributed by atoms with van der Waals surface area (Å²) in [5.41, 5.74) is 0.650. The fraction of sp³-hybridized carbons (Fsp3) is 0.176. The lowest BCUT2D eigenvalue weighted by Gasteiger charge is -2.12. The number of hydrogen-bond acceptors (Lipinski definition) is 4. The van der Waals surface area contributed by atoms with Crippen molar-refractivity contribution in [2.24, 2.45) is 5.16 Å². The fourth-order valence-corrected chi connectivity index (χ4v) is 2.30. The van der Waals surface area contributed by atoms with E-state index in [1.165, 1.54) is 31.3 Å². The van der Waals surface area contributed by atoms with Crippen LogP contribution in [0, 0.1) is 0 Å². The van der Waals surface area contributed by atoms with Crippen LogP contribution in [0.25, 0.3) is 0 Å². The zero-order valence-corrected chi connectivity index (χ0v) is 15.0. The zero-order chi connectivity index (χ0) is 19.1. The van der Waals surface area contributed by atoms with Crippen LogP contribution >= 0.6 is 23.2 Å². The molecule has 0 spiro atoms. The lowest BCUT2D eigenvalue weighted by atomic mass is 10.2. The van der Waals surface area contributed by atoms with Crippen LogP contribution in [0.3, 0.4) is 0 Å². The Balaban J connectivity index is 1.96. The molecule has 5 nitrogen and oxygen atoms in total. The summed E-state index contributed by atoms with van der Waals surface area (Å²) in [5, 5.41) is 6.93. The number of benzene rings is 2. The molecule has 2 aromatic rings. The van der Waals surface area contributed by atoms with E-state index in [0.29, 0.717) is 10.7 Å². The van der Waals surface area contributed by atoms with Gasteiger partial charge in [0.2, 0.25) is 6.10 Å². The first-order chi connectivity index (χ1) is 12.4. The van der Waals surface area contributed by atoms with Gasteiger partial charge in [0.05, 0.1) is 16.9 Å². The third-order valence-electron chi connectivity index (χ3n) is 3.10. The van der Waals surface area contributed by atoms with Gasteiger partial charge >= 0.3 is 6.61 Å². The maximum atomic E-state index is 12.4. The molecular formula is C17H14Cl2F2N2O3. The summed E-state index contributed by atoms with van der Waals surface area (Å²) in [7, 11) is 0. The van der Waals surface area contributed by atoms with Crippen LogP contribution in [-0.4, -0.2) is 24.8 Å². The van der Waals surface area contributed by atoms with E-state index in [9.17, 15) is 13.6 Å². The van der Waals surface area contributed by atoms with E-state index in [4.69, 9.17) is 28.0 Å². The third-order valence-corrected chi connectivity index (χ3v) is 3.65. The van der Waals surface area contributed by atoms with Gasteiger partial charge in [0.1, 0.15) is 5.75 Å². The van der Waals surface area contributed by atoms with Gasteiger partial charge in [0.15, 0.2) is 0 Å². The Labute approximate surface area is 158 Å². The number of rotatable bonds is 7. The molecule has 1 unspecified atom stereocenters. The number of amides is 1. The molecule has 0 aliphatic carbocycles. The van der Waals surface area contributed by atoms with E-state index in [2.05, 4.69) is 15.2 Å². The summed E-state index contributed by atoms with van der Waals surface area (Å²) in [6.45, 7) is -1.49. The molecule has 0 saturated carbocycles. The van der Waals surface area contributed by atoms with Gasteiger partial charge in [-0.25, -0.2) is 0 Å². The molecule has 0 aromatic heterocycles. The standard InChI is InChI=1S/C17H14Cl2F2N2O3/c1-10(16(24)23-14-7-6-12(18)8-13(14)19)26-22-9-11-4-2-3-5-15(11)25-17(20)21/h2-10,17H,1H3,(H,23,24)/b22-9+. The Morgan fingerprint density at radius 3 is 2.65 bits per heavy atom. The maximum Gasteiger partial charge on any atom is 0.387 e. The van der Waals surface area contributed by atoms with E-state index >= 15 is 0 Å². The summed E-state index contributed by atoms with van der Waals surface area (Å²) in [6.07, 6.45) is 0.220. The van der Waals surface area contributed by atoms with E-state index in [-0.39, 0.29) is 16.3 Å². The first-order valence-corrected chi connectivity index (χ1v) is 8.11. The number of carbonyl (C=O) groups is 1. The molecule has 0 aliphatic heterocycles. The molecule has 0 saturated heterocycles. The number of oxime groups is 1. The monoisotopic (exact) mass is 402 g/mol. The molecule has 1 atom stereocenters. The quantitative estimate of drug-likeness (QED) is 0.525. The molecule has 0 fully saturated rings. The molecule has 1 amide bonds. The van der Waals surface area contributed by atoms with Crippen LogP contribution in [0.5, 0.6) is 5.75 Å². The molecule has 138 valence electrons. The highest BCUT2D eigenvalue weighted by Gasteiger charge is 2.16. The average Bonchev–Trinajstić information content (AvgIpc) is 2.58. The van der Waals surface area contributed by atoms with Crippen molar-refractivity contribution in [1.82, 2.24) is 0 Å². The number of nitrogens with one attached hydrogen (secondary N) is 1. The van der Waals surface area contributed by atoms with Crippen molar-refractivity contribution >= 4 is 41.0 Å². The Morgan fingerprint density at radius 2 is 1.96 bits per heavy atom. The Hall–Kier alpha value is -2.38. The number of hydrogen-bond donors (Lipinski definition) is 1. The summed E-state index contributed by atoms with van der Waals surface area (Å²) < 4.78 is 29.1. The van der Waals surface area contributed by atoms with Gasteiger partial charge < -0.3 is 14.9 Å². The topological polar surface area (TPSA) is 59.9 Å². The summed E-state index contributed by atoms with van der Waals surface area (Å²) in [4.78, 5) is 17.1. The number of anilines is 1. The maximum absolute atomic E-state index is 12.4. The number of carbonyl (C=O) groups excluding carboxylic acids is 1. The van der Waals surface area contributed by atoms with Crippen LogP contribution in [0.2, 0.25) is 10.0 Å². The van der Waals surface area contributed by atoms with Crippen LogP contribution in [0.4, 0.5) is 14.5 Å². The predicted molar refractivity (Wildman–Crippen MR) is 96.3 cm³/mol. The number of alkyl halides is 2. The second kappa shape index (κ2) is 9.35. The van der Waals surface area contributed by atoms with Gasteiger partial charge in [0, 0.05) is 10.6 Å². The van der Waals surface area contributed by atoms with E-state index in [1.54, 1.807) is 24.3 Å². The van der Waals surface area contributed by atoms with Crippen molar-refractivity contribution in [3.63, 3.8) is 0 Å². The summed E-state index contributed by atoms with van der Waals surface area (Å²) in [5.74, 6) is -0.552. The molecule has 0 bridgehead atoms. The van der Waals surface area contributed by atoms with E-state index in [1.807, 2.05) is 0 Å². The van der Waals surface area contributed by atoms with E-state index in [0.717, 1.165) is 0 Å². The molecule has 0 radical (unpaired) electrons. The summed E-state index contributed by atoms with van der Waals surface area (Å²) >= 11 is 11.8.